The SMILES string of the molecule is CCC(C)C1NC(=O)C(c2ccccc2)NC1=O. The first-order valence-electron chi connectivity index (χ1n) is 6.29. The molecule has 4 nitrogen and oxygen atoms in total. The van der Waals surface area contributed by atoms with Gasteiger partial charge in [-0.3, -0.25) is 9.59 Å². The van der Waals surface area contributed by atoms with Crippen molar-refractivity contribution in [2.24, 2.45) is 5.92 Å². The number of carbonyl (C=O) groups excluding carboxylic acids is 2. The van der Waals surface area contributed by atoms with Gasteiger partial charge in [0.2, 0.25) is 11.8 Å². The smallest absolute Gasteiger partial charge is 0.247 e. The van der Waals surface area contributed by atoms with Gasteiger partial charge in [0.1, 0.15) is 12.1 Å². The summed E-state index contributed by atoms with van der Waals surface area (Å²) in [4.78, 5) is 24.0. The first kappa shape index (κ1) is 12.6. The lowest BCUT2D eigenvalue weighted by Gasteiger charge is -2.32. The second-order valence-electron chi connectivity index (χ2n) is 4.72. The average Bonchev–Trinajstić information content (AvgIpc) is 2.41. The Balaban J connectivity index is 2.16. The van der Waals surface area contributed by atoms with Crippen LogP contribution in [0.5, 0.6) is 0 Å². The maximum atomic E-state index is 12.0. The number of hydrogen-bond donors (Lipinski definition) is 2. The Morgan fingerprint density at radius 2 is 1.78 bits per heavy atom. The molecule has 0 aromatic heterocycles. The lowest BCUT2D eigenvalue weighted by atomic mass is 9.94. The Morgan fingerprint density at radius 1 is 1.11 bits per heavy atom. The van der Waals surface area contributed by atoms with E-state index in [1.54, 1.807) is 0 Å². The van der Waals surface area contributed by atoms with Gasteiger partial charge in [0.05, 0.1) is 0 Å². The molecule has 1 aromatic carbocycles. The van der Waals surface area contributed by atoms with Gasteiger partial charge in [0.25, 0.3) is 0 Å². The van der Waals surface area contributed by atoms with Crippen LogP contribution in [0.2, 0.25) is 0 Å². The topological polar surface area (TPSA) is 58.2 Å². The fourth-order valence-electron chi connectivity index (χ4n) is 2.12. The molecule has 1 saturated heterocycles. The molecule has 96 valence electrons. The zero-order valence-corrected chi connectivity index (χ0v) is 10.6. The molecule has 0 radical (unpaired) electrons. The molecule has 1 fully saturated rings. The average molecular weight is 246 g/mol. The Kier molecular flexibility index (Phi) is 3.65. The molecule has 0 bridgehead atoms. The van der Waals surface area contributed by atoms with Crippen molar-refractivity contribution in [1.29, 1.82) is 0 Å². The molecule has 2 rings (SSSR count). The van der Waals surface area contributed by atoms with Crippen LogP contribution in [-0.4, -0.2) is 17.9 Å². The maximum absolute atomic E-state index is 12.0. The second-order valence-corrected chi connectivity index (χ2v) is 4.72. The number of hydrogen-bond acceptors (Lipinski definition) is 2. The van der Waals surface area contributed by atoms with Crippen LogP contribution in [0, 0.1) is 5.92 Å². The molecular formula is C14H18N2O2. The summed E-state index contributed by atoms with van der Waals surface area (Å²) in [6.45, 7) is 3.97. The highest BCUT2D eigenvalue weighted by molar-refractivity contribution is 5.97. The van der Waals surface area contributed by atoms with Crippen molar-refractivity contribution >= 4 is 11.8 Å². The summed E-state index contributed by atoms with van der Waals surface area (Å²) in [5.74, 6) is -0.0884. The number of nitrogens with one attached hydrogen (secondary N) is 2. The molecule has 0 spiro atoms. The van der Waals surface area contributed by atoms with E-state index in [0.717, 1.165) is 12.0 Å². The lowest BCUT2D eigenvalue weighted by Crippen LogP contribution is -2.59. The predicted octanol–water partition coefficient (Wildman–Crippen LogP) is 1.39. The van der Waals surface area contributed by atoms with Crippen molar-refractivity contribution in [3.63, 3.8) is 0 Å². The fourth-order valence-corrected chi connectivity index (χ4v) is 2.12. The summed E-state index contributed by atoms with van der Waals surface area (Å²) in [7, 11) is 0. The standard InChI is InChI=1S/C14H18N2O2/c1-3-9(2)11-13(17)16-12(14(18)15-11)10-7-5-4-6-8-10/h4-9,11-12H,3H2,1-2H3,(H,15,18)(H,16,17). The predicted molar refractivity (Wildman–Crippen MR) is 68.7 cm³/mol. The largest absolute Gasteiger partial charge is 0.342 e. The quantitative estimate of drug-likeness (QED) is 0.846. The third kappa shape index (κ3) is 2.37. The minimum Gasteiger partial charge on any atom is -0.342 e. The molecule has 18 heavy (non-hydrogen) atoms. The summed E-state index contributed by atoms with van der Waals surface area (Å²) in [5, 5.41) is 5.61. The van der Waals surface area contributed by atoms with Gasteiger partial charge in [0.15, 0.2) is 0 Å². The van der Waals surface area contributed by atoms with E-state index in [9.17, 15) is 9.59 Å². The molecule has 1 heterocycles. The van der Waals surface area contributed by atoms with Gasteiger partial charge in [-0.2, -0.15) is 0 Å². The summed E-state index contributed by atoms with van der Waals surface area (Å²) in [6.07, 6.45) is 0.856. The normalized spacial score (nSPS) is 25.2. The Hall–Kier alpha value is -1.84. The molecular weight excluding hydrogens is 228 g/mol. The number of rotatable bonds is 3. The van der Waals surface area contributed by atoms with E-state index < -0.39 is 12.1 Å². The van der Waals surface area contributed by atoms with Crippen molar-refractivity contribution in [3.05, 3.63) is 35.9 Å². The number of carbonyl (C=O) groups is 2. The zero-order valence-electron chi connectivity index (χ0n) is 10.6. The van der Waals surface area contributed by atoms with Crippen LogP contribution in [0.3, 0.4) is 0 Å². The van der Waals surface area contributed by atoms with Crippen LogP contribution in [0.15, 0.2) is 30.3 Å². The minimum absolute atomic E-state index is 0.0993. The lowest BCUT2D eigenvalue weighted by molar-refractivity contribution is -0.138. The zero-order chi connectivity index (χ0) is 13.1. The summed E-state index contributed by atoms with van der Waals surface area (Å²) >= 11 is 0. The van der Waals surface area contributed by atoms with Crippen LogP contribution in [0.1, 0.15) is 31.9 Å². The molecule has 1 aliphatic heterocycles. The van der Waals surface area contributed by atoms with Crippen molar-refractivity contribution < 1.29 is 9.59 Å². The number of piperazine rings is 1. The summed E-state index contributed by atoms with van der Waals surface area (Å²) in [6, 6.07) is 8.29. The molecule has 0 saturated carbocycles. The summed E-state index contributed by atoms with van der Waals surface area (Å²) in [5.41, 5.74) is 0.811. The van der Waals surface area contributed by atoms with Crippen molar-refractivity contribution in [2.75, 3.05) is 0 Å². The molecule has 3 unspecified atom stereocenters. The Labute approximate surface area is 107 Å². The van der Waals surface area contributed by atoms with E-state index in [4.69, 9.17) is 0 Å². The summed E-state index contributed by atoms with van der Waals surface area (Å²) < 4.78 is 0. The third-order valence-electron chi connectivity index (χ3n) is 3.47. The Morgan fingerprint density at radius 3 is 2.39 bits per heavy atom. The molecule has 1 aliphatic rings. The van der Waals surface area contributed by atoms with E-state index in [2.05, 4.69) is 10.6 Å². The highest BCUT2D eigenvalue weighted by atomic mass is 16.2. The highest BCUT2D eigenvalue weighted by Gasteiger charge is 2.36. The monoisotopic (exact) mass is 246 g/mol. The van der Waals surface area contributed by atoms with Gasteiger partial charge in [-0.05, 0) is 11.5 Å². The van der Waals surface area contributed by atoms with Crippen LogP contribution >= 0.6 is 0 Å². The van der Waals surface area contributed by atoms with Gasteiger partial charge in [-0.25, -0.2) is 0 Å². The molecule has 2 amide bonds. The van der Waals surface area contributed by atoms with Crippen molar-refractivity contribution in [2.45, 2.75) is 32.4 Å². The van der Waals surface area contributed by atoms with Crippen LogP contribution in [0.25, 0.3) is 0 Å². The Bertz CT molecular complexity index is 444. The van der Waals surface area contributed by atoms with Crippen LogP contribution in [0.4, 0.5) is 0 Å². The second kappa shape index (κ2) is 5.21. The fraction of sp³-hybridized carbons (Fsp3) is 0.429. The first-order valence-corrected chi connectivity index (χ1v) is 6.29. The van der Waals surface area contributed by atoms with Gasteiger partial charge >= 0.3 is 0 Å². The highest BCUT2D eigenvalue weighted by Crippen LogP contribution is 2.19. The third-order valence-corrected chi connectivity index (χ3v) is 3.47. The van der Waals surface area contributed by atoms with Gasteiger partial charge in [-0.15, -0.1) is 0 Å². The van der Waals surface area contributed by atoms with Gasteiger partial charge in [-0.1, -0.05) is 50.6 Å². The molecule has 2 N–H and O–H groups in total. The molecule has 3 atom stereocenters. The minimum atomic E-state index is -0.570. The van der Waals surface area contributed by atoms with Crippen molar-refractivity contribution in [1.82, 2.24) is 10.6 Å². The number of benzene rings is 1. The van der Waals surface area contributed by atoms with Gasteiger partial charge in [0, 0.05) is 0 Å². The van der Waals surface area contributed by atoms with E-state index in [1.807, 2.05) is 44.2 Å². The molecule has 1 aromatic rings. The van der Waals surface area contributed by atoms with Crippen molar-refractivity contribution in [3.8, 4) is 0 Å². The van der Waals surface area contributed by atoms with Crippen LogP contribution in [-0.2, 0) is 9.59 Å². The van der Waals surface area contributed by atoms with E-state index in [-0.39, 0.29) is 17.7 Å². The van der Waals surface area contributed by atoms with Gasteiger partial charge < -0.3 is 10.6 Å². The van der Waals surface area contributed by atoms with Crippen LogP contribution < -0.4 is 10.6 Å². The number of amides is 2. The van der Waals surface area contributed by atoms with E-state index in [0.29, 0.717) is 0 Å². The van der Waals surface area contributed by atoms with E-state index in [1.165, 1.54) is 0 Å². The first-order chi connectivity index (χ1) is 8.63. The molecule has 0 aliphatic carbocycles. The maximum Gasteiger partial charge on any atom is 0.247 e. The van der Waals surface area contributed by atoms with E-state index >= 15 is 0 Å². The molecule has 4 heteroatoms.